The highest BCUT2D eigenvalue weighted by Crippen LogP contribution is 2.27. The van der Waals surface area contributed by atoms with E-state index < -0.39 is 10.0 Å². The number of hydrogen-bond acceptors (Lipinski definition) is 5. The standard InChI is InChI=1S/C24H20N4O3S/c1-4-14-28(32(3,30)31)20-7-5-6-19(15-20)21-12-13-25-24-22(26-16-27(21)24)23(29)18-10-8-17(2)9-11-18/h1,5-13,15-16H,14H2,2-3H3. The van der Waals surface area contributed by atoms with Crippen molar-refractivity contribution in [2.24, 2.45) is 0 Å². The van der Waals surface area contributed by atoms with E-state index >= 15 is 0 Å². The van der Waals surface area contributed by atoms with Gasteiger partial charge in [0.15, 0.2) is 11.3 Å². The normalized spacial score (nSPS) is 11.3. The lowest BCUT2D eigenvalue weighted by Gasteiger charge is -2.20. The molecule has 0 saturated heterocycles. The first kappa shape index (κ1) is 21.3. The Bertz CT molecular complexity index is 1470. The van der Waals surface area contributed by atoms with Gasteiger partial charge in [0.05, 0.1) is 24.2 Å². The fourth-order valence-corrected chi connectivity index (χ4v) is 4.25. The third kappa shape index (κ3) is 3.98. The van der Waals surface area contributed by atoms with E-state index in [-0.39, 0.29) is 18.0 Å². The molecule has 160 valence electrons. The van der Waals surface area contributed by atoms with Crippen LogP contribution in [0.3, 0.4) is 0 Å². The lowest BCUT2D eigenvalue weighted by Crippen LogP contribution is -2.30. The average Bonchev–Trinajstić information content (AvgIpc) is 3.21. The molecule has 0 aliphatic carbocycles. The summed E-state index contributed by atoms with van der Waals surface area (Å²) in [5.41, 5.74) is 4.14. The molecule has 0 atom stereocenters. The minimum absolute atomic E-state index is 0.0751. The van der Waals surface area contributed by atoms with Gasteiger partial charge in [0.25, 0.3) is 0 Å². The zero-order valence-corrected chi connectivity index (χ0v) is 18.4. The van der Waals surface area contributed by atoms with Crippen LogP contribution < -0.4 is 4.31 Å². The summed E-state index contributed by atoms with van der Waals surface area (Å²) in [5, 5.41) is 0. The van der Waals surface area contributed by atoms with Crippen molar-refractivity contribution in [3.8, 4) is 23.6 Å². The predicted molar refractivity (Wildman–Crippen MR) is 124 cm³/mol. The van der Waals surface area contributed by atoms with Gasteiger partial charge in [0.1, 0.15) is 6.33 Å². The Balaban J connectivity index is 1.80. The summed E-state index contributed by atoms with van der Waals surface area (Å²) in [6.07, 6.45) is 9.62. The average molecular weight is 445 g/mol. The van der Waals surface area contributed by atoms with Crippen molar-refractivity contribution < 1.29 is 13.2 Å². The number of carbonyl (C=O) groups is 1. The van der Waals surface area contributed by atoms with Crippen LogP contribution in [-0.2, 0) is 10.0 Å². The molecule has 0 spiro atoms. The largest absolute Gasteiger partial charge is 0.287 e. The minimum atomic E-state index is -3.55. The topological polar surface area (TPSA) is 84.6 Å². The van der Waals surface area contributed by atoms with Gasteiger partial charge in [-0.1, -0.05) is 47.9 Å². The van der Waals surface area contributed by atoms with Crippen molar-refractivity contribution in [3.63, 3.8) is 0 Å². The maximum Gasteiger partial charge on any atom is 0.233 e. The van der Waals surface area contributed by atoms with E-state index in [1.165, 1.54) is 0 Å². The number of terminal acetylenes is 1. The number of hydrogen-bond donors (Lipinski definition) is 0. The number of benzene rings is 2. The summed E-state index contributed by atoms with van der Waals surface area (Å²) in [6, 6.07) is 16.1. The van der Waals surface area contributed by atoms with Gasteiger partial charge in [-0.3, -0.25) is 13.5 Å². The molecule has 2 aromatic carbocycles. The number of fused-ring (bicyclic) bond motifs is 1. The Hall–Kier alpha value is -3.96. The van der Waals surface area contributed by atoms with E-state index in [0.717, 1.165) is 21.7 Å². The second-order valence-corrected chi connectivity index (χ2v) is 9.24. The van der Waals surface area contributed by atoms with Crippen molar-refractivity contribution in [2.45, 2.75) is 6.92 Å². The molecule has 0 amide bonds. The monoisotopic (exact) mass is 444 g/mol. The smallest absolute Gasteiger partial charge is 0.233 e. The van der Waals surface area contributed by atoms with Gasteiger partial charge in [0, 0.05) is 17.3 Å². The lowest BCUT2D eigenvalue weighted by molar-refractivity contribution is 0.103. The molecule has 4 aromatic rings. The van der Waals surface area contributed by atoms with Crippen LogP contribution in [0.1, 0.15) is 21.6 Å². The zero-order chi connectivity index (χ0) is 22.9. The molecule has 7 nitrogen and oxygen atoms in total. The highest BCUT2D eigenvalue weighted by Gasteiger charge is 2.20. The fourth-order valence-electron chi connectivity index (χ4n) is 3.44. The molecule has 0 aliphatic rings. The Morgan fingerprint density at radius 1 is 1.12 bits per heavy atom. The van der Waals surface area contributed by atoms with Crippen molar-refractivity contribution in [2.75, 3.05) is 17.1 Å². The predicted octanol–water partition coefficient (Wildman–Crippen LogP) is 3.33. The number of carbonyl (C=O) groups excluding carboxylic acids is 1. The molecule has 2 heterocycles. The van der Waals surface area contributed by atoms with Crippen LogP contribution in [0.15, 0.2) is 67.1 Å². The minimum Gasteiger partial charge on any atom is -0.287 e. The van der Waals surface area contributed by atoms with Gasteiger partial charge in [-0.15, -0.1) is 6.42 Å². The van der Waals surface area contributed by atoms with Gasteiger partial charge in [-0.25, -0.2) is 18.4 Å². The van der Waals surface area contributed by atoms with Crippen molar-refractivity contribution in [3.05, 3.63) is 83.9 Å². The summed E-state index contributed by atoms with van der Waals surface area (Å²) in [4.78, 5) is 21.7. The molecule has 32 heavy (non-hydrogen) atoms. The second-order valence-electron chi connectivity index (χ2n) is 7.34. The van der Waals surface area contributed by atoms with E-state index in [1.807, 2.05) is 25.1 Å². The highest BCUT2D eigenvalue weighted by molar-refractivity contribution is 7.92. The number of nitrogens with zero attached hydrogens (tertiary/aromatic N) is 4. The van der Waals surface area contributed by atoms with E-state index in [2.05, 4.69) is 15.9 Å². The van der Waals surface area contributed by atoms with Crippen molar-refractivity contribution in [1.29, 1.82) is 0 Å². The molecule has 0 saturated carbocycles. The summed E-state index contributed by atoms with van der Waals surface area (Å²) in [7, 11) is -3.55. The Morgan fingerprint density at radius 3 is 2.56 bits per heavy atom. The van der Waals surface area contributed by atoms with Crippen molar-refractivity contribution in [1.82, 2.24) is 14.4 Å². The van der Waals surface area contributed by atoms with Crippen LogP contribution in [0, 0.1) is 19.3 Å². The molecule has 0 aliphatic heterocycles. The van der Waals surface area contributed by atoms with Crippen LogP contribution in [0.5, 0.6) is 0 Å². The second kappa shape index (κ2) is 8.29. The third-order valence-corrected chi connectivity index (χ3v) is 6.17. The van der Waals surface area contributed by atoms with E-state index in [0.29, 0.717) is 22.6 Å². The summed E-state index contributed by atoms with van der Waals surface area (Å²) >= 11 is 0. The van der Waals surface area contributed by atoms with Gasteiger partial charge in [0.2, 0.25) is 15.8 Å². The Labute approximate surface area is 186 Å². The van der Waals surface area contributed by atoms with Gasteiger partial charge in [-0.2, -0.15) is 0 Å². The Morgan fingerprint density at radius 2 is 1.88 bits per heavy atom. The quantitative estimate of drug-likeness (QED) is 0.336. The molecule has 0 unspecified atom stereocenters. The number of sulfonamides is 1. The van der Waals surface area contributed by atoms with Crippen LogP contribution >= 0.6 is 0 Å². The van der Waals surface area contributed by atoms with Gasteiger partial charge >= 0.3 is 0 Å². The first-order chi connectivity index (χ1) is 15.3. The van der Waals surface area contributed by atoms with E-state index in [9.17, 15) is 13.2 Å². The number of ketones is 1. The van der Waals surface area contributed by atoms with Crippen LogP contribution in [0.2, 0.25) is 0 Å². The highest BCUT2D eigenvalue weighted by atomic mass is 32.2. The molecule has 4 rings (SSSR count). The maximum atomic E-state index is 13.0. The first-order valence-corrected chi connectivity index (χ1v) is 11.6. The number of rotatable bonds is 6. The van der Waals surface area contributed by atoms with Gasteiger partial charge in [-0.05, 0) is 25.1 Å². The first-order valence-electron chi connectivity index (χ1n) is 9.74. The summed E-state index contributed by atoms with van der Waals surface area (Å²) in [6.45, 7) is 1.88. The van der Waals surface area contributed by atoms with E-state index in [1.54, 1.807) is 53.3 Å². The molecule has 0 N–H and O–H groups in total. The summed E-state index contributed by atoms with van der Waals surface area (Å²) in [5.74, 6) is 2.16. The molecule has 2 aromatic heterocycles. The van der Waals surface area contributed by atoms with Crippen LogP contribution in [-0.4, -0.2) is 41.4 Å². The van der Waals surface area contributed by atoms with Crippen molar-refractivity contribution >= 4 is 27.1 Å². The number of aromatic nitrogens is 3. The zero-order valence-electron chi connectivity index (χ0n) is 17.6. The third-order valence-electron chi connectivity index (χ3n) is 5.03. The van der Waals surface area contributed by atoms with Gasteiger partial charge < -0.3 is 0 Å². The maximum absolute atomic E-state index is 13.0. The SMILES string of the molecule is C#CCN(c1cccc(-c2ccnc3c(C(=O)c4ccc(C)cc4)ncn23)c1)S(C)(=O)=O. The number of anilines is 1. The molecular formula is C24H20N4O3S. The van der Waals surface area contributed by atoms with Crippen LogP contribution in [0.25, 0.3) is 16.9 Å². The summed E-state index contributed by atoms with van der Waals surface area (Å²) < 4.78 is 27.2. The van der Waals surface area contributed by atoms with Crippen LogP contribution in [0.4, 0.5) is 5.69 Å². The molecular weight excluding hydrogens is 424 g/mol. The fraction of sp³-hybridized carbons (Fsp3) is 0.125. The Kier molecular flexibility index (Phi) is 5.51. The number of imidazole rings is 1. The molecule has 0 bridgehead atoms. The molecule has 0 fully saturated rings. The van der Waals surface area contributed by atoms with E-state index in [4.69, 9.17) is 6.42 Å². The number of aryl methyl sites for hydroxylation is 1. The molecule has 8 heteroatoms. The lowest BCUT2D eigenvalue weighted by atomic mass is 10.1. The molecule has 0 radical (unpaired) electrons.